The van der Waals surface area contributed by atoms with E-state index in [1.807, 2.05) is 24.3 Å². The van der Waals surface area contributed by atoms with Gasteiger partial charge in [-0.1, -0.05) is 32.4 Å². The van der Waals surface area contributed by atoms with Crippen molar-refractivity contribution in [2.75, 3.05) is 11.9 Å². The van der Waals surface area contributed by atoms with Crippen LogP contribution in [0, 0.1) is 5.92 Å². The smallest absolute Gasteiger partial charge is 0.411 e. The van der Waals surface area contributed by atoms with Gasteiger partial charge in [0.15, 0.2) is 0 Å². The molecule has 0 spiro atoms. The monoisotopic (exact) mass is 250 g/mol. The molecule has 0 bridgehead atoms. The molecule has 0 aliphatic carbocycles. The van der Waals surface area contributed by atoms with E-state index in [0.717, 1.165) is 18.4 Å². The largest absolute Gasteiger partial charge is 0.449 e. The molecule has 100 valence electrons. The Morgan fingerprint density at radius 1 is 1.50 bits per heavy atom. The fraction of sp³-hybridized carbons (Fsp3) is 0.500. The van der Waals surface area contributed by atoms with Crippen LogP contribution in [0.3, 0.4) is 0 Å². The molecule has 0 aliphatic rings. The van der Waals surface area contributed by atoms with Gasteiger partial charge in [0.2, 0.25) is 0 Å². The van der Waals surface area contributed by atoms with Crippen LogP contribution in [0.15, 0.2) is 24.3 Å². The van der Waals surface area contributed by atoms with Crippen molar-refractivity contribution in [3.8, 4) is 0 Å². The summed E-state index contributed by atoms with van der Waals surface area (Å²) in [5.41, 5.74) is 7.23. The van der Waals surface area contributed by atoms with E-state index in [2.05, 4.69) is 19.2 Å². The maximum Gasteiger partial charge on any atom is 0.411 e. The van der Waals surface area contributed by atoms with Crippen LogP contribution in [-0.2, 0) is 11.3 Å². The number of nitrogens with one attached hydrogen (secondary N) is 1. The van der Waals surface area contributed by atoms with Gasteiger partial charge in [-0.05, 0) is 30.0 Å². The Bertz CT molecular complexity index is 380. The van der Waals surface area contributed by atoms with Crippen molar-refractivity contribution in [2.45, 2.75) is 33.2 Å². The van der Waals surface area contributed by atoms with E-state index in [1.165, 1.54) is 0 Å². The first-order valence-corrected chi connectivity index (χ1v) is 6.38. The number of hydrogen-bond donors (Lipinski definition) is 2. The lowest BCUT2D eigenvalue weighted by Crippen LogP contribution is -2.17. The molecule has 1 aromatic carbocycles. The number of hydrogen-bond acceptors (Lipinski definition) is 3. The van der Waals surface area contributed by atoms with E-state index in [4.69, 9.17) is 10.5 Å². The third-order valence-corrected chi connectivity index (χ3v) is 2.69. The Hall–Kier alpha value is -1.55. The van der Waals surface area contributed by atoms with Gasteiger partial charge in [-0.25, -0.2) is 4.79 Å². The third kappa shape index (κ3) is 5.19. The summed E-state index contributed by atoms with van der Waals surface area (Å²) in [7, 11) is 0. The van der Waals surface area contributed by atoms with Crippen molar-refractivity contribution in [3.63, 3.8) is 0 Å². The van der Waals surface area contributed by atoms with Crippen molar-refractivity contribution in [2.24, 2.45) is 11.7 Å². The highest BCUT2D eigenvalue weighted by Crippen LogP contribution is 2.11. The van der Waals surface area contributed by atoms with Crippen molar-refractivity contribution in [1.82, 2.24) is 0 Å². The first-order chi connectivity index (χ1) is 8.65. The molecular formula is C14H22N2O2. The lowest BCUT2D eigenvalue weighted by Gasteiger charge is -2.12. The van der Waals surface area contributed by atoms with Gasteiger partial charge in [0.25, 0.3) is 0 Å². The number of nitrogens with two attached hydrogens (primary N) is 1. The molecule has 18 heavy (non-hydrogen) atoms. The molecule has 1 aromatic rings. The van der Waals surface area contributed by atoms with Crippen molar-refractivity contribution >= 4 is 11.8 Å². The van der Waals surface area contributed by atoms with E-state index < -0.39 is 6.09 Å². The van der Waals surface area contributed by atoms with Crippen LogP contribution >= 0.6 is 0 Å². The van der Waals surface area contributed by atoms with Crippen LogP contribution in [0.1, 0.15) is 32.3 Å². The van der Waals surface area contributed by atoms with Crippen LogP contribution in [0.25, 0.3) is 0 Å². The van der Waals surface area contributed by atoms with Gasteiger partial charge >= 0.3 is 6.09 Å². The minimum Gasteiger partial charge on any atom is -0.449 e. The predicted octanol–water partition coefficient (Wildman–Crippen LogP) is 3.13. The van der Waals surface area contributed by atoms with Gasteiger partial charge in [0.1, 0.15) is 0 Å². The summed E-state index contributed by atoms with van der Waals surface area (Å²) in [6.45, 7) is 5.11. The minimum absolute atomic E-state index is 0.399. The van der Waals surface area contributed by atoms with Gasteiger partial charge in [-0.3, -0.25) is 5.32 Å². The van der Waals surface area contributed by atoms with Gasteiger partial charge in [-0.15, -0.1) is 0 Å². The second kappa shape index (κ2) is 7.71. The maximum atomic E-state index is 11.6. The highest BCUT2D eigenvalue weighted by Gasteiger charge is 2.07. The van der Waals surface area contributed by atoms with E-state index in [1.54, 1.807) is 0 Å². The lowest BCUT2D eigenvalue weighted by atomic mass is 10.1. The van der Waals surface area contributed by atoms with Crippen LogP contribution < -0.4 is 11.1 Å². The van der Waals surface area contributed by atoms with Crippen LogP contribution in [0.4, 0.5) is 10.5 Å². The zero-order valence-corrected chi connectivity index (χ0v) is 11.1. The number of carbonyl (C=O) groups excluding carboxylic acids is 1. The Kier molecular flexibility index (Phi) is 6.22. The molecule has 4 nitrogen and oxygen atoms in total. The second-order valence-electron chi connectivity index (χ2n) is 4.52. The van der Waals surface area contributed by atoms with E-state index in [0.29, 0.717) is 24.8 Å². The van der Waals surface area contributed by atoms with Crippen molar-refractivity contribution in [1.29, 1.82) is 0 Å². The van der Waals surface area contributed by atoms with Gasteiger partial charge < -0.3 is 10.5 Å². The van der Waals surface area contributed by atoms with Gasteiger partial charge in [0.05, 0.1) is 6.61 Å². The maximum absolute atomic E-state index is 11.6. The topological polar surface area (TPSA) is 64.3 Å². The summed E-state index contributed by atoms with van der Waals surface area (Å²) >= 11 is 0. The zero-order chi connectivity index (χ0) is 13.4. The number of rotatable bonds is 6. The first-order valence-electron chi connectivity index (χ1n) is 6.38. The summed E-state index contributed by atoms with van der Waals surface area (Å²) in [5.74, 6) is 0.399. The summed E-state index contributed by atoms with van der Waals surface area (Å²) in [4.78, 5) is 11.6. The Balaban J connectivity index is 2.39. The molecule has 0 saturated carbocycles. The number of anilines is 1. The average molecular weight is 250 g/mol. The third-order valence-electron chi connectivity index (χ3n) is 2.69. The van der Waals surface area contributed by atoms with Gasteiger partial charge in [0, 0.05) is 12.2 Å². The number of ether oxygens (including phenoxy) is 1. The average Bonchev–Trinajstić information content (AvgIpc) is 2.37. The molecule has 1 amide bonds. The quantitative estimate of drug-likeness (QED) is 0.815. The summed E-state index contributed by atoms with van der Waals surface area (Å²) < 4.78 is 5.15. The molecule has 0 aromatic heterocycles. The highest BCUT2D eigenvalue weighted by molar-refractivity contribution is 5.84. The molecule has 0 saturated heterocycles. The summed E-state index contributed by atoms with van der Waals surface area (Å²) in [6, 6.07) is 7.43. The van der Waals surface area contributed by atoms with Crippen LogP contribution in [-0.4, -0.2) is 12.7 Å². The standard InChI is InChI=1S/C14H22N2O2/c1-3-5-11(2)10-18-14(17)16-13-7-4-6-12(8-13)9-15/h4,6-8,11H,3,5,9-10,15H2,1-2H3,(H,16,17). The van der Waals surface area contributed by atoms with E-state index in [9.17, 15) is 4.79 Å². The molecule has 0 heterocycles. The molecule has 0 aliphatic heterocycles. The number of carbonyl (C=O) groups is 1. The van der Waals surface area contributed by atoms with Crippen LogP contribution in [0.5, 0.6) is 0 Å². The molecule has 1 rings (SSSR count). The SMILES string of the molecule is CCCC(C)COC(=O)Nc1cccc(CN)c1. The molecule has 1 unspecified atom stereocenters. The van der Waals surface area contributed by atoms with Gasteiger partial charge in [-0.2, -0.15) is 0 Å². The summed E-state index contributed by atoms with van der Waals surface area (Å²) in [6.07, 6.45) is 1.76. The molecule has 4 heteroatoms. The van der Waals surface area contributed by atoms with Crippen molar-refractivity contribution < 1.29 is 9.53 Å². The fourth-order valence-electron chi connectivity index (χ4n) is 1.72. The first kappa shape index (κ1) is 14.5. The number of benzene rings is 1. The Labute approximate surface area is 109 Å². The van der Waals surface area contributed by atoms with E-state index in [-0.39, 0.29) is 0 Å². The normalized spacial score (nSPS) is 11.9. The highest BCUT2D eigenvalue weighted by atomic mass is 16.5. The molecule has 0 radical (unpaired) electrons. The minimum atomic E-state index is -0.410. The van der Waals surface area contributed by atoms with Crippen LogP contribution in [0.2, 0.25) is 0 Å². The lowest BCUT2D eigenvalue weighted by molar-refractivity contribution is 0.142. The fourth-order valence-corrected chi connectivity index (χ4v) is 1.72. The van der Waals surface area contributed by atoms with Crippen molar-refractivity contribution in [3.05, 3.63) is 29.8 Å². The predicted molar refractivity (Wildman–Crippen MR) is 73.4 cm³/mol. The molecule has 1 atom stereocenters. The Morgan fingerprint density at radius 3 is 2.94 bits per heavy atom. The second-order valence-corrected chi connectivity index (χ2v) is 4.52. The zero-order valence-electron chi connectivity index (χ0n) is 11.1. The Morgan fingerprint density at radius 2 is 2.28 bits per heavy atom. The van der Waals surface area contributed by atoms with E-state index >= 15 is 0 Å². The number of amides is 1. The molecular weight excluding hydrogens is 228 g/mol. The molecule has 0 fully saturated rings. The molecule has 3 N–H and O–H groups in total. The summed E-state index contributed by atoms with van der Waals surface area (Å²) in [5, 5.41) is 2.70.